The largest absolute Gasteiger partial charge is 0.384 e. The van der Waals surface area contributed by atoms with Gasteiger partial charge in [0, 0.05) is 37.1 Å². The summed E-state index contributed by atoms with van der Waals surface area (Å²) < 4.78 is 5.25. The quantitative estimate of drug-likeness (QED) is 0.702. The molecule has 4 nitrogen and oxygen atoms in total. The lowest BCUT2D eigenvalue weighted by Crippen LogP contribution is -2.41. The Labute approximate surface area is 158 Å². The van der Waals surface area contributed by atoms with Gasteiger partial charge in [-0.15, -0.1) is 11.3 Å². The Morgan fingerprint density at radius 3 is 2.65 bits per heavy atom. The topological polar surface area (TPSA) is 46.6 Å². The van der Waals surface area contributed by atoms with E-state index in [1.807, 2.05) is 48.2 Å². The molecule has 1 unspecified atom stereocenters. The van der Waals surface area contributed by atoms with Gasteiger partial charge in [-0.1, -0.05) is 19.1 Å². The Balaban J connectivity index is 1.70. The Kier molecular flexibility index (Phi) is 6.22. The average molecular weight is 372 g/mol. The van der Waals surface area contributed by atoms with Crippen LogP contribution in [0.1, 0.15) is 46.2 Å². The number of carbonyl (C=O) groups is 2. The Morgan fingerprint density at radius 2 is 1.96 bits per heavy atom. The van der Waals surface area contributed by atoms with Crippen LogP contribution in [0.4, 0.5) is 0 Å². The summed E-state index contributed by atoms with van der Waals surface area (Å²) in [5, 5.41) is 0. The monoisotopic (exact) mass is 371 g/mol. The van der Waals surface area contributed by atoms with E-state index < -0.39 is 0 Å². The Bertz CT molecular complexity index is 764. The fraction of sp³-hybridized carbons (Fsp3) is 0.429. The molecule has 0 bridgehead atoms. The van der Waals surface area contributed by atoms with Gasteiger partial charge in [0.15, 0.2) is 5.78 Å². The van der Waals surface area contributed by atoms with Gasteiger partial charge >= 0.3 is 0 Å². The third-order valence-electron chi connectivity index (χ3n) is 4.83. The first kappa shape index (κ1) is 18.8. The minimum atomic E-state index is 0.0883. The molecule has 1 atom stereocenters. The maximum atomic E-state index is 12.8. The van der Waals surface area contributed by atoms with Crippen molar-refractivity contribution in [2.75, 3.05) is 26.8 Å². The van der Waals surface area contributed by atoms with Gasteiger partial charge in [-0.05, 0) is 48.6 Å². The minimum absolute atomic E-state index is 0.0883. The lowest BCUT2D eigenvalue weighted by atomic mass is 9.98. The van der Waals surface area contributed by atoms with Crippen LogP contribution in [0, 0.1) is 5.92 Å². The molecular weight excluding hydrogens is 346 g/mol. The normalized spacial score (nSPS) is 17.3. The van der Waals surface area contributed by atoms with E-state index in [-0.39, 0.29) is 11.7 Å². The van der Waals surface area contributed by atoms with Crippen LogP contribution in [0.15, 0.2) is 36.4 Å². The van der Waals surface area contributed by atoms with Gasteiger partial charge in [0.2, 0.25) is 0 Å². The van der Waals surface area contributed by atoms with E-state index in [1.165, 1.54) is 11.3 Å². The van der Waals surface area contributed by atoms with Crippen LogP contribution in [0.3, 0.4) is 0 Å². The van der Waals surface area contributed by atoms with Gasteiger partial charge in [0.25, 0.3) is 5.91 Å². The molecule has 0 saturated carbocycles. The molecule has 138 valence electrons. The minimum Gasteiger partial charge on any atom is -0.384 e. The highest BCUT2D eigenvalue weighted by Crippen LogP contribution is 2.29. The smallest absolute Gasteiger partial charge is 0.253 e. The summed E-state index contributed by atoms with van der Waals surface area (Å²) in [4.78, 5) is 28.4. The molecule has 3 rings (SSSR count). The van der Waals surface area contributed by atoms with E-state index in [0.29, 0.717) is 24.5 Å². The van der Waals surface area contributed by atoms with E-state index >= 15 is 0 Å². The van der Waals surface area contributed by atoms with Crippen LogP contribution >= 0.6 is 11.3 Å². The lowest BCUT2D eigenvalue weighted by Gasteiger charge is -2.32. The predicted octanol–water partition coefficient (Wildman–Crippen LogP) is 4.51. The van der Waals surface area contributed by atoms with Gasteiger partial charge in [0.05, 0.1) is 11.5 Å². The number of ketones is 1. The summed E-state index contributed by atoms with van der Waals surface area (Å²) in [6.45, 7) is 4.16. The molecule has 0 spiro atoms. The molecule has 1 amide bonds. The first-order valence-corrected chi connectivity index (χ1v) is 9.95. The summed E-state index contributed by atoms with van der Waals surface area (Å²) in [5.74, 6) is 0.687. The fourth-order valence-corrected chi connectivity index (χ4v) is 4.42. The highest BCUT2D eigenvalue weighted by Gasteiger charge is 2.24. The molecule has 2 heterocycles. The van der Waals surface area contributed by atoms with E-state index in [9.17, 15) is 9.59 Å². The van der Waals surface area contributed by atoms with Crippen molar-refractivity contribution in [3.05, 3.63) is 46.8 Å². The molecule has 1 fully saturated rings. The fourth-order valence-electron chi connectivity index (χ4n) is 3.40. The molecule has 0 radical (unpaired) electrons. The molecule has 1 aromatic carbocycles. The Hall–Kier alpha value is -1.98. The van der Waals surface area contributed by atoms with Crippen molar-refractivity contribution in [3.63, 3.8) is 0 Å². The van der Waals surface area contributed by atoms with E-state index in [1.54, 1.807) is 7.11 Å². The molecular formula is C21H25NO3S. The van der Waals surface area contributed by atoms with Crippen molar-refractivity contribution >= 4 is 23.0 Å². The molecule has 2 aromatic rings. The Morgan fingerprint density at radius 1 is 1.19 bits per heavy atom. The van der Waals surface area contributed by atoms with Crippen molar-refractivity contribution in [3.8, 4) is 10.4 Å². The maximum Gasteiger partial charge on any atom is 0.253 e. The summed E-state index contributed by atoms with van der Waals surface area (Å²) >= 11 is 1.51. The summed E-state index contributed by atoms with van der Waals surface area (Å²) in [6.07, 6.45) is 2.67. The van der Waals surface area contributed by atoms with Crippen LogP contribution in [0.2, 0.25) is 0 Å². The van der Waals surface area contributed by atoms with E-state index in [4.69, 9.17) is 4.74 Å². The molecule has 1 aliphatic heterocycles. The summed E-state index contributed by atoms with van der Waals surface area (Å²) in [6, 6.07) is 11.6. The zero-order valence-corrected chi connectivity index (χ0v) is 16.2. The highest BCUT2D eigenvalue weighted by atomic mass is 32.1. The zero-order valence-electron chi connectivity index (χ0n) is 15.4. The highest BCUT2D eigenvalue weighted by molar-refractivity contribution is 7.17. The number of likely N-dealkylation sites (tertiary alicyclic amines) is 1. The van der Waals surface area contributed by atoms with Crippen LogP contribution in [-0.2, 0) is 4.74 Å². The number of nitrogens with zero attached hydrogens (tertiary/aromatic N) is 1. The SMILES string of the molecule is CCC(=O)c1ccc(-c2ccc(C(=O)N3CCCC(COC)C3)cc2)s1. The van der Waals surface area contributed by atoms with E-state index in [0.717, 1.165) is 41.2 Å². The number of benzene rings is 1. The predicted molar refractivity (Wildman–Crippen MR) is 105 cm³/mol. The van der Waals surface area contributed by atoms with Gasteiger partial charge in [-0.3, -0.25) is 9.59 Å². The number of hydrogen-bond acceptors (Lipinski definition) is 4. The first-order chi connectivity index (χ1) is 12.6. The number of ether oxygens (including phenoxy) is 1. The number of amides is 1. The number of Topliss-reactive ketones (excluding diaryl/α,β-unsaturated/α-hetero) is 1. The summed E-state index contributed by atoms with van der Waals surface area (Å²) in [5.41, 5.74) is 1.76. The molecule has 5 heteroatoms. The van der Waals surface area contributed by atoms with Gasteiger partial charge in [-0.25, -0.2) is 0 Å². The number of hydrogen-bond donors (Lipinski definition) is 0. The lowest BCUT2D eigenvalue weighted by molar-refractivity contribution is 0.0571. The number of piperidine rings is 1. The second kappa shape index (κ2) is 8.60. The molecule has 1 saturated heterocycles. The molecule has 1 aromatic heterocycles. The second-order valence-electron chi connectivity index (χ2n) is 6.73. The van der Waals surface area contributed by atoms with Crippen LogP contribution in [-0.4, -0.2) is 43.4 Å². The summed E-state index contributed by atoms with van der Waals surface area (Å²) in [7, 11) is 1.71. The van der Waals surface area contributed by atoms with Crippen molar-refractivity contribution in [2.24, 2.45) is 5.92 Å². The third-order valence-corrected chi connectivity index (χ3v) is 6.00. The van der Waals surface area contributed by atoms with Crippen LogP contribution in [0.25, 0.3) is 10.4 Å². The first-order valence-electron chi connectivity index (χ1n) is 9.14. The van der Waals surface area contributed by atoms with Gasteiger partial charge < -0.3 is 9.64 Å². The molecule has 1 aliphatic rings. The van der Waals surface area contributed by atoms with Crippen molar-refractivity contribution in [2.45, 2.75) is 26.2 Å². The van der Waals surface area contributed by atoms with Crippen molar-refractivity contribution in [1.82, 2.24) is 4.90 Å². The van der Waals surface area contributed by atoms with Crippen LogP contribution in [0.5, 0.6) is 0 Å². The second-order valence-corrected chi connectivity index (χ2v) is 7.82. The van der Waals surface area contributed by atoms with Gasteiger partial charge in [-0.2, -0.15) is 0 Å². The number of rotatable bonds is 6. The molecule has 26 heavy (non-hydrogen) atoms. The third kappa shape index (κ3) is 4.22. The van der Waals surface area contributed by atoms with Gasteiger partial charge in [0.1, 0.15) is 0 Å². The van der Waals surface area contributed by atoms with E-state index in [2.05, 4.69) is 0 Å². The number of methoxy groups -OCH3 is 1. The number of thiophene rings is 1. The van der Waals surface area contributed by atoms with Crippen molar-refractivity contribution in [1.29, 1.82) is 0 Å². The average Bonchev–Trinajstić information content (AvgIpc) is 3.17. The number of carbonyl (C=O) groups excluding carboxylic acids is 2. The molecule has 0 aliphatic carbocycles. The standard InChI is InChI=1S/C21H25NO3S/c1-3-18(23)20-11-10-19(26-20)16-6-8-17(9-7-16)21(24)22-12-4-5-15(13-22)14-25-2/h6-11,15H,3-5,12-14H2,1-2H3. The molecule has 0 N–H and O–H groups in total. The zero-order chi connectivity index (χ0) is 18.5. The maximum absolute atomic E-state index is 12.8. The van der Waals surface area contributed by atoms with Crippen molar-refractivity contribution < 1.29 is 14.3 Å². The van der Waals surface area contributed by atoms with Crippen LogP contribution < -0.4 is 0 Å².